The second kappa shape index (κ2) is 7.53. The van der Waals surface area contributed by atoms with Crippen molar-refractivity contribution in [2.24, 2.45) is 11.8 Å². The standard InChI is InChI=1S/C15H28N2OS/c1-11(12-4-3-7-16-10-12)8-15(18)17-13-5-6-14(9-13)19-2/h11-14,16H,3-10H2,1-2H3,(H,17,18). The molecule has 1 aliphatic heterocycles. The zero-order valence-electron chi connectivity index (χ0n) is 12.3. The summed E-state index contributed by atoms with van der Waals surface area (Å²) in [5.41, 5.74) is 0. The molecular weight excluding hydrogens is 256 g/mol. The summed E-state index contributed by atoms with van der Waals surface area (Å²) in [6.45, 7) is 4.47. The number of rotatable bonds is 5. The van der Waals surface area contributed by atoms with Crippen LogP contribution < -0.4 is 10.6 Å². The van der Waals surface area contributed by atoms with Gasteiger partial charge in [0.2, 0.25) is 5.91 Å². The van der Waals surface area contributed by atoms with Crippen molar-refractivity contribution in [2.45, 2.75) is 56.7 Å². The first-order valence-electron chi connectivity index (χ1n) is 7.72. The van der Waals surface area contributed by atoms with E-state index in [0.717, 1.165) is 31.2 Å². The third-order valence-corrected chi connectivity index (χ3v) is 5.82. The molecule has 2 fully saturated rings. The Morgan fingerprint density at radius 2 is 2.26 bits per heavy atom. The molecule has 4 heteroatoms. The van der Waals surface area contributed by atoms with Crippen LogP contribution in [-0.4, -0.2) is 36.5 Å². The van der Waals surface area contributed by atoms with Crippen molar-refractivity contribution in [1.29, 1.82) is 0 Å². The highest BCUT2D eigenvalue weighted by Crippen LogP contribution is 2.28. The van der Waals surface area contributed by atoms with Crippen molar-refractivity contribution in [3.63, 3.8) is 0 Å². The molecule has 0 aromatic carbocycles. The summed E-state index contributed by atoms with van der Waals surface area (Å²) in [7, 11) is 0. The van der Waals surface area contributed by atoms with Gasteiger partial charge in [-0.1, -0.05) is 6.92 Å². The lowest BCUT2D eigenvalue weighted by Gasteiger charge is -2.28. The maximum Gasteiger partial charge on any atom is 0.220 e. The molecule has 0 radical (unpaired) electrons. The lowest BCUT2D eigenvalue weighted by atomic mass is 9.85. The summed E-state index contributed by atoms with van der Waals surface area (Å²) in [6, 6.07) is 0.432. The molecule has 1 saturated heterocycles. The molecule has 4 unspecified atom stereocenters. The van der Waals surface area contributed by atoms with Crippen molar-refractivity contribution >= 4 is 17.7 Å². The number of carbonyl (C=O) groups is 1. The normalized spacial score (nSPS) is 33.1. The Morgan fingerprint density at radius 1 is 1.42 bits per heavy atom. The molecule has 0 bridgehead atoms. The first kappa shape index (κ1) is 15.2. The van der Waals surface area contributed by atoms with Gasteiger partial charge in [-0.15, -0.1) is 0 Å². The quantitative estimate of drug-likeness (QED) is 0.814. The van der Waals surface area contributed by atoms with Crippen molar-refractivity contribution in [1.82, 2.24) is 10.6 Å². The lowest BCUT2D eigenvalue weighted by molar-refractivity contribution is -0.123. The maximum absolute atomic E-state index is 12.1. The zero-order chi connectivity index (χ0) is 13.7. The smallest absolute Gasteiger partial charge is 0.220 e. The predicted molar refractivity (Wildman–Crippen MR) is 82.5 cm³/mol. The highest BCUT2D eigenvalue weighted by molar-refractivity contribution is 7.99. The number of hydrogen-bond acceptors (Lipinski definition) is 3. The van der Waals surface area contributed by atoms with Gasteiger partial charge in [-0.3, -0.25) is 4.79 Å². The van der Waals surface area contributed by atoms with Gasteiger partial charge in [0.25, 0.3) is 0 Å². The van der Waals surface area contributed by atoms with E-state index in [1.165, 1.54) is 19.3 Å². The van der Waals surface area contributed by atoms with Crippen molar-refractivity contribution in [3.8, 4) is 0 Å². The summed E-state index contributed by atoms with van der Waals surface area (Å²) in [5.74, 6) is 1.46. The van der Waals surface area contributed by atoms with Crippen molar-refractivity contribution < 1.29 is 4.79 Å². The summed E-state index contributed by atoms with van der Waals surface area (Å²) < 4.78 is 0. The summed E-state index contributed by atoms with van der Waals surface area (Å²) in [5, 5.41) is 7.44. The van der Waals surface area contributed by atoms with Gasteiger partial charge in [-0.2, -0.15) is 11.8 Å². The minimum atomic E-state index is 0.268. The Labute approximate surface area is 121 Å². The molecule has 0 spiro atoms. The van der Waals surface area contributed by atoms with E-state index in [1.54, 1.807) is 0 Å². The van der Waals surface area contributed by atoms with Gasteiger partial charge < -0.3 is 10.6 Å². The second-order valence-corrected chi connectivity index (χ2v) is 7.36. The summed E-state index contributed by atoms with van der Waals surface area (Å²) >= 11 is 1.94. The number of carbonyl (C=O) groups excluding carboxylic acids is 1. The first-order valence-corrected chi connectivity index (χ1v) is 9.00. The molecular formula is C15H28N2OS. The second-order valence-electron chi connectivity index (χ2n) is 6.22. The average Bonchev–Trinajstić information content (AvgIpc) is 2.87. The number of amides is 1. The van der Waals surface area contributed by atoms with Crippen LogP contribution in [0.2, 0.25) is 0 Å². The van der Waals surface area contributed by atoms with Crippen molar-refractivity contribution in [2.75, 3.05) is 19.3 Å². The highest BCUT2D eigenvalue weighted by atomic mass is 32.2. The van der Waals surface area contributed by atoms with E-state index in [4.69, 9.17) is 0 Å². The maximum atomic E-state index is 12.1. The van der Waals surface area contributed by atoms with Gasteiger partial charge in [0.1, 0.15) is 0 Å². The molecule has 2 rings (SSSR count). The minimum absolute atomic E-state index is 0.268. The van der Waals surface area contributed by atoms with Gasteiger partial charge in [0.15, 0.2) is 0 Å². The molecule has 0 aromatic heterocycles. The van der Waals surface area contributed by atoms with Crippen LogP contribution in [0.4, 0.5) is 0 Å². The SMILES string of the molecule is CSC1CCC(NC(=O)CC(C)C2CCCNC2)C1. The molecule has 1 heterocycles. The topological polar surface area (TPSA) is 41.1 Å². The van der Waals surface area contributed by atoms with Crippen molar-refractivity contribution in [3.05, 3.63) is 0 Å². The lowest BCUT2D eigenvalue weighted by Crippen LogP contribution is -2.38. The minimum Gasteiger partial charge on any atom is -0.353 e. The molecule has 3 nitrogen and oxygen atoms in total. The fraction of sp³-hybridized carbons (Fsp3) is 0.933. The van der Waals surface area contributed by atoms with Gasteiger partial charge in [0.05, 0.1) is 0 Å². The Bertz CT molecular complexity index is 292. The van der Waals surface area contributed by atoms with Gasteiger partial charge >= 0.3 is 0 Å². The number of nitrogens with one attached hydrogen (secondary N) is 2. The molecule has 1 saturated carbocycles. The van der Waals surface area contributed by atoms with Crippen LogP contribution in [0.3, 0.4) is 0 Å². The molecule has 4 atom stereocenters. The Morgan fingerprint density at radius 3 is 2.89 bits per heavy atom. The molecule has 19 heavy (non-hydrogen) atoms. The first-order chi connectivity index (χ1) is 9.19. The van der Waals surface area contributed by atoms with E-state index in [9.17, 15) is 4.79 Å². The van der Waals surface area contributed by atoms with E-state index < -0.39 is 0 Å². The van der Waals surface area contributed by atoms with Gasteiger partial charge in [-0.05, 0) is 63.3 Å². The fourth-order valence-electron chi connectivity index (χ4n) is 3.40. The van der Waals surface area contributed by atoms with Crippen LogP contribution in [0.25, 0.3) is 0 Å². The van der Waals surface area contributed by atoms with Gasteiger partial charge in [-0.25, -0.2) is 0 Å². The van der Waals surface area contributed by atoms with Crippen LogP contribution in [0, 0.1) is 11.8 Å². The van der Waals surface area contributed by atoms with E-state index in [2.05, 4.69) is 23.8 Å². The zero-order valence-corrected chi connectivity index (χ0v) is 13.1. The monoisotopic (exact) mass is 284 g/mol. The number of thioether (sulfide) groups is 1. The highest BCUT2D eigenvalue weighted by Gasteiger charge is 2.27. The van der Waals surface area contributed by atoms with E-state index in [0.29, 0.717) is 24.3 Å². The van der Waals surface area contributed by atoms with E-state index in [-0.39, 0.29) is 5.91 Å². The molecule has 110 valence electrons. The molecule has 1 amide bonds. The van der Waals surface area contributed by atoms with E-state index in [1.807, 2.05) is 11.8 Å². The Balaban J connectivity index is 1.68. The third-order valence-electron chi connectivity index (χ3n) is 4.73. The van der Waals surface area contributed by atoms with Crippen LogP contribution >= 0.6 is 11.8 Å². The average molecular weight is 284 g/mol. The Kier molecular flexibility index (Phi) is 6.02. The summed E-state index contributed by atoms with van der Waals surface area (Å²) in [6.07, 6.45) is 8.99. The molecule has 2 N–H and O–H groups in total. The molecule has 2 aliphatic rings. The predicted octanol–water partition coefficient (Wildman–Crippen LogP) is 2.41. The molecule has 1 aliphatic carbocycles. The summed E-state index contributed by atoms with van der Waals surface area (Å²) in [4.78, 5) is 12.1. The fourth-order valence-corrected chi connectivity index (χ4v) is 4.19. The third kappa shape index (κ3) is 4.67. The van der Waals surface area contributed by atoms with Crippen LogP contribution in [-0.2, 0) is 4.79 Å². The number of piperidine rings is 1. The van der Waals surface area contributed by atoms with Crippen LogP contribution in [0.15, 0.2) is 0 Å². The Hall–Kier alpha value is -0.220. The van der Waals surface area contributed by atoms with E-state index >= 15 is 0 Å². The molecule has 0 aromatic rings. The van der Waals surface area contributed by atoms with Crippen LogP contribution in [0.5, 0.6) is 0 Å². The van der Waals surface area contributed by atoms with Crippen LogP contribution in [0.1, 0.15) is 45.4 Å². The number of hydrogen-bond donors (Lipinski definition) is 2. The largest absolute Gasteiger partial charge is 0.353 e. The van der Waals surface area contributed by atoms with Gasteiger partial charge in [0, 0.05) is 17.7 Å².